The first-order valence-electron chi connectivity index (χ1n) is 2.73. The maximum atomic E-state index is 5.52. The van der Waals surface area contributed by atoms with Crippen LogP contribution in [0.15, 0.2) is 12.5 Å². The molecule has 0 aliphatic heterocycles. The Morgan fingerprint density at radius 1 is 1.60 bits per heavy atom. The van der Waals surface area contributed by atoms with E-state index in [9.17, 15) is 0 Å². The summed E-state index contributed by atoms with van der Waals surface area (Å²) in [6.07, 6.45) is 3.30. The number of aromatic amines is 2. The summed E-state index contributed by atoms with van der Waals surface area (Å²) in [7, 11) is 0. The summed E-state index contributed by atoms with van der Waals surface area (Å²) < 4.78 is 0. The largest absolute Gasteiger partial charge is 0.304 e. The summed E-state index contributed by atoms with van der Waals surface area (Å²) in [4.78, 5) is 13.5. The van der Waals surface area contributed by atoms with Gasteiger partial charge < -0.3 is 0 Å². The molecule has 2 heterocycles. The summed E-state index contributed by atoms with van der Waals surface area (Å²) in [5.74, 6) is 0. The van der Waals surface area contributed by atoms with Crippen molar-refractivity contribution < 1.29 is 4.98 Å². The molecule has 0 radical (unpaired) electrons. The summed E-state index contributed by atoms with van der Waals surface area (Å²) in [6, 6.07) is 0. The number of hydrogen-bond acceptors (Lipinski definition) is 2. The van der Waals surface area contributed by atoms with Crippen LogP contribution in [0.1, 0.15) is 0 Å². The molecular formula is C5H4ClN4+. The van der Waals surface area contributed by atoms with Crippen molar-refractivity contribution >= 4 is 22.8 Å². The van der Waals surface area contributed by atoms with Gasteiger partial charge in [-0.2, -0.15) is 0 Å². The van der Waals surface area contributed by atoms with Crippen LogP contribution in [0.3, 0.4) is 0 Å². The van der Waals surface area contributed by atoms with Gasteiger partial charge in [0.1, 0.15) is 0 Å². The molecule has 2 aromatic heterocycles. The highest BCUT2D eigenvalue weighted by Crippen LogP contribution is 2.03. The lowest BCUT2D eigenvalue weighted by atomic mass is 10.6. The molecule has 0 saturated heterocycles. The van der Waals surface area contributed by atoms with Crippen LogP contribution < -0.4 is 4.98 Å². The molecule has 0 spiro atoms. The van der Waals surface area contributed by atoms with Gasteiger partial charge >= 0.3 is 5.65 Å². The minimum Gasteiger partial charge on any atom is -0.273 e. The van der Waals surface area contributed by atoms with Crippen LogP contribution in [0.25, 0.3) is 11.2 Å². The van der Waals surface area contributed by atoms with E-state index < -0.39 is 0 Å². The van der Waals surface area contributed by atoms with Crippen LogP contribution in [0.5, 0.6) is 0 Å². The fourth-order valence-corrected chi connectivity index (χ4v) is 0.891. The predicted molar refractivity (Wildman–Crippen MR) is 35.5 cm³/mol. The quantitative estimate of drug-likeness (QED) is 0.561. The highest BCUT2D eigenvalue weighted by molar-refractivity contribution is 6.28. The summed E-state index contributed by atoms with van der Waals surface area (Å²) in [6.45, 7) is 0. The molecule has 2 N–H and O–H groups in total. The molecule has 0 aromatic carbocycles. The first-order chi connectivity index (χ1) is 4.86. The number of hydrogen-bond donors (Lipinski definition) is 1. The second-order valence-electron chi connectivity index (χ2n) is 1.83. The third kappa shape index (κ3) is 0.733. The van der Waals surface area contributed by atoms with Crippen molar-refractivity contribution in [3.63, 3.8) is 0 Å². The molecule has 2 rings (SSSR count). The van der Waals surface area contributed by atoms with Crippen molar-refractivity contribution in [2.24, 2.45) is 0 Å². The van der Waals surface area contributed by atoms with Crippen LogP contribution in [0.4, 0.5) is 0 Å². The summed E-state index contributed by atoms with van der Waals surface area (Å²) in [5.41, 5.74) is 1.57. The number of rotatable bonds is 0. The number of H-pyrrole nitrogens is 2. The topological polar surface area (TPSA) is 55.7 Å². The number of halogens is 1. The second-order valence-corrected chi connectivity index (χ2v) is 2.17. The maximum Gasteiger partial charge on any atom is 0.304 e. The van der Waals surface area contributed by atoms with Crippen LogP contribution in [0.2, 0.25) is 5.28 Å². The Hall–Kier alpha value is -1.16. The number of aromatic nitrogens is 4. The Bertz CT molecular complexity index is 355. The summed E-state index contributed by atoms with van der Waals surface area (Å²) in [5, 5.41) is 0.253. The van der Waals surface area contributed by atoms with E-state index in [-0.39, 0.29) is 5.28 Å². The van der Waals surface area contributed by atoms with Crippen LogP contribution >= 0.6 is 11.6 Å². The Morgan fingerprint density at radius 2 is 2.50 bits per heavy atom. The molecule has 5 heteroatoms. The zero-order chi connectivity index (χ0) is 6.97. The average molecular weight is 156 g/mol. The third-order valence-corrected chi connectivity index (χ3v) is 1.38. The van der Waals surface area contributed by atoms with Gasteiger partial charge in [-0.25, -0.2) is 9.97 Å². The van der Waals surface area contributed by atoms with Crippen LogP contribution in [-0.2, 0) is 0 Å². The molecule has 2 aromatic rings. The van der Waals surface area contributed by atoms with Gasteiger partial charge in [0.05, 0.1) is 6.20 Å². The molecule has 0 atom stereocenters. The average Bonchev–Trinajstić information content (AvgIpc) is 2.33. The monoisotopic (exact) mass is 155 g/mol. The van der Waals surface area contributed by atoms with Gasteiger partial charge in [0.2, 0.25) is 0 Å². The molecule has 50 valence electrons. The van der Waals surface area contributed by atoms with Gasteiger partial charge in [-0.05, 0) is 11.6 Å². The highest BCUT2D eigenvalue weighted by atomic mass is 35.5. The van der Waals surface area contributed by atoms with Gasteiger partial charge in [-0.15, -0.1) is 0 Å². The van der Waals surface area contributed by atoms with E-state index >= 15 is 0 Å². The smallest absolute Gasteiger partial charge is 0.273 e. The third-order valence-electron chi connectivity index (χ3n) is 1.20. The second kappa shape index (κ2) is 1.91. The molecular weight excluding hydrogens is 152 g/mol. The molecule has 0 saturated carbocycles. The zero-order valence-electron chi connectivity index (χ0n) is 4.93. The lowest BCUT2D eigenvalue weighted by Crippen LogP contribution is -1.97. The van der Waals surface area contributed by atoms with E-state index in [2.05, 4.69) is 19.9 Å². The number of fused-ring (bicyclic) bond motifs is 1. The SMILES string of the molecule is Clc1ncc2[nH]c[nH+]c2n1. The van der Waals surface area contributed by atoms with Gasteiger partial charge in [0, 0.05) is 0 Å². The normalized spacial score (nSPS) is 10.5. The Labute approximate surface area is 61.3 Å². The van der Waals surface area contributed by atoms with Crippen molar-refractivity contribution in [1.29, 1.82) is 0 Å². The molecule has 0 amide bonds. The van der Waals surface area contributed by atoms with Crippen molar-refractivity contribution in [3.05, 3.63) is 17.8 Å². The van der Waals surface area contributed by atoms with Gasteiger partial charge in [0.25, 0.3) is 5.28 Å². The van der Waals surface area contributed by atoms with Crippen molar-refractivity contribution in [2.45, 2.75) is 0 Å². The molecule has 4 nitrogen and oxygen atoms in total. The number of nitrogens with zero attached hydrogens (tertiary/aromatic N) is 2. The van der Waals surface area contributed by atoms with E-state index in [0.29, 0.717) is 0 Å². The minimum atomic E-state index is 0.253. The number of imidazole rings is 1. The van der Waals surface area contributed by atoms with Crippen LogP contribution in [0, 0.1) is 0 Å². The molecule has 10 heavy (non-hydrogen) atoms. The molecule has 0 unspecified atom stereocenters. The van der Waals surface area contributed by atoms with E-state index in [1.54, 1.807) is 12.5 Å². The predicted octanol–water partition coefficient (Wildman–Crippen LogP) is 0.425. The van der Waals surface area contributed by atoms with Gasteiger partial charge in [-0.3, -0.25) is 4.98 Å². The highest BCUT2D eigenvalue weighted by Gasteiger charge is 2.04. The van der Waals surface area contributed by atoms with E-state index in [4.69, 9.17) is 11.6 Å². The number of nitrogens with one attached hydrogen (secondary N) is 2. The molecule has 0 aliphatic carbocycles. The van der Waals surface area contributed by atoms with Crippen LogP contribution in [-0.4, -0.2) is 15.0 Å². The standard InChI is InChI=1S/C5H3ClN4/c6-5-7-1-3-4(10-5)9-2-8-3/h1-2H,(H,7,8,9,10)/p+1. The van der Waals surface area contributed by atoms with E-state index in [1.165, 1.54) is 0 Å². The first-order valence-corrected chi connectivity index (χ1v) is 3.11. The summed E-state index contributed by atoms with van der Waals surface area (Å²) >= 11 is 5.52. The Kier molecular flexibility index (Phi) is 1.07. The van der Waals surface area contributed by atoms with Crippen molar-refractivity contribution in [3.8, 4) is 0 Å². The fraction of sp³-hybridized carbons (Fsp3) is 0. The van der Waals surface area contributed by atoms with Gasteiger partial charge in [-0.1, -0.05) is 4.98 Å². The van der Waals surface area contributed by atoms with Crippen molar-refractivity contribution in [2.75, 3.05) is 0 Å². The Balaban J connectivity index is 2.86. The minimum absolute atomic E-state index is 0.253. The first kappa shape index (κ1) is 5.61. The van der Waals surface area contributed by atoms with Gasteiger partial charge in [0.15, 0.2) is 11.8 Å². The molecule has 0 bridgehead atoms. The fourth-order valence-electron chi connectivity index (χ4n) is 0.758. The molecule has 0 aliphatic rings. The Morgan fingerprint density at radius 3 is 3.40 bits per heavy atom. The van der Waals surface area contributed by atoms with E-state index in [0.717, 1.165) is 11.2 Å². The van der Waals surface area contributed by atoms with Crippen molar-refractivity contribution in [1.82, 2.24) is 15.0 Å². The maximum absolute atomic E-state index is 5.52. The lowest BCUT2D eigenvalue weighted by molar-refractivity contribution is -0.347. The van der Waals surface area contributed by atoms with E-state index in [1.807, 2.05) is 0 Å². The lowest BCUT2D eigenvalue weighted by Gasteiger charge is -1.78. The molecule has 0 fully saturated rings. The zero-order valence-corrected chi connectivity index (χ0v) is 5.68.